The Hall–Kier alpha value is -1.33. The molecule has 1 amide bonds. The third-order valence-corrected chi connectivity index (χ3v) is 2.69. The summed E-state index contributed by atoms with van der Waals surface area (Å²) in [4.78, 5) is 13.9. The maximum absolute atomic E-state index is 12.1. The first kappa shape index (κ1) is 12.1. The van der Waals surface area contributed by atoms with Crippen molar-refractivity contribution in [3.63, 3.8) is 0 Å². The minimum Gasteiger partial charge on any atom is -0.453 e. The Bertz CT molecular complexity index is 388. The molecule has 1 aromatic heterocycles. The fraction of sp³-hybridized carbons (Fsp3) is 0.583. The Balaban J connectivity index is 2.02. The fourth-order valence-electron chi connectivity index (χ4n) is 1.87. The van der Waals surface area contributed by atoms with E-state index in [9.17, 15) is 4.79 Å². The Kier molecular flexibility index (Phi) is 3.81. The number of morpholine rings is 1. The van der Waals surface area contributed by atoms with Crippen LogP contribution in [0.5, 0.6) is 0 Å². The molecule has 2 rings (SSSR count). The third kappa shape index (κ3) is 2.87. The number of hydrogen-bond donors (Lipinski definition) is 0. The molecule has 0 N–H and O–H groups in total. The summed E-state index contributed by atoms with van der Waals surface area (Å²) in [5.74, 6) is 0.950. The standard InChI is InChI=1S/C12H17NO4/c1-9-7-13(5-6-16-9)12(14)11-4-3-10(17-11)8-15-2/h3-4,9H,5-8H2,1-2H3. The molecule has 1 aromatic rings. The van der Waals surface area contributed by atoms with Crippen LogP contribution in [0.25, 0.3) is 0 Å². The maximum Gasteiger partial charge on any atom is 0.289 e. The molecule has 1 saturated heterocycles. The number of carbonyl (C=O) groups excluding carboxylic acids is 1. The van der Waals surface area contributed by atoms with E-state index in [1.54, 1.807) is 24.1 Å². The van der Waals surface area contributed by atoms with Crippen molar-refractivity contribution in [3.05, 3.63) is 23.7 Å². The Labute approximate surface area is 100 Å². The average molecular weight is 239 g/mol. The van der Waals surface area contributed by atoms with Gasteiger partial charge in [-0.1, -0.05) is 0 Å². The van der Waals surface area contributed by atoms with Crippen LogP contribution in [0.1, 0.15) is 23.2 Å². The van der Waals surface area contributed by atoms with E-state index in [4.69, 9.17) is 13.9 Å². The van der Waals surface area contributed by atoms with Gasteiger partial charge in [0.2, 0.25) is 0 Å². The van der Waals surface area contributed by atoms with Gasteiger partial charge in [-0.3, -0.25) is 4.79 Å². The number of furan rings is 1. The summed E-state index contributed by atoms with van der Waals surface area (Å²) in [6.45, 7) is 4.14. The highest BCUT2D eigenvalue weighted by atomic mass is 16.5. The Morgan fingerprint density at radius 1 is 1.59 bits per heavy atom. The molecule has 0 saturated carbocycles. The van der Waals surface area contributed by atoms with Crippen LogP contribution >= 0.6 is 0 Å². The smallest absolute Gasteiger partial charge is 0.289 e. The van der Waals surface area contributed by atoms with E-state index in [-0.39, 0.29) is 12.0 Å². The van der Waals surface area contributed by atoms with Gasteiger partial charge in [0.05, 0.1) is 12.7 Å². The molecule has 1 fully saturated rings. The molecule has 1 atom stereocenters. The zero-order valence-corrected chi connectivity index (χ0v) is 10.1. The van der Waals surface area contributed by atoms with Gasteiger partial charge in [0.15, 0.2) is 5.76 Å². The van der Waals surface area contributed by atoms with Gasteiger partial charge in [0, 0.05) is 20.2 Å². The molecule has 94 valence electrons. The molecule has 0 aromatic carbocycles. The van der Waals surface area contributed by atoms with Crippen molar-refractivity contribution in [1.29, 1.82) is 0 Å². The summed E-state index contributed by atoms with van der Waals surface area (Å²) in [5.41, 5.74) is 0. The molecule has 17 heavy (non-hydrogen) atoms. The molecule has 1 aliphatic heterocycles. The summed E-state index contributed by atoms with van der Waals surface area (Å²) in [5, 5.41) is 0. The van der Waals surface area contributed by atoms with E-state index in [0.29, 0.717) is 37.8 Å². The second-order valence-corrected chi connectivity index (χ2v) is 4.13. The molecule has 1 aliphatic rings. The van der Waals surface area contributed by atoms with E-state index in [0.717, 1.165) is 0 Å². The van der Waals surface area contributed by atoms with E-state index in [1.165, 1.54) is 0 Å². The number of hydrogen-bond acceptors (Lipinski definition) is 4. The molecule has 5 heteroatoms. The van der Waals surface area contributed by atoms with E-state index in [1.807, 2.05) is 6.92 Å². The molecule has 2 heterocycles. The summed E-state index contributed by atoms with van der Waals surface area (Å²) in [6.07, 6.45) is 0.0844. The van der Waals surface area contributed by atoms with Crippen LogP contribution in [-0.2, 0) is 16.1 Å². The first-order chi connectivity index (χ1) is 8.20. The van der Waals surface area contributed by atoms with E-state index < -0.39 is 0 Å². The van der Waals surface area contributed by atoms with Gasteiger partial charge in [0.1, 0.15) is 12.4 Å². The monoisotopic (exact) mass is 239 g/mol. The van der Waals surface area contributed by atoms with Crippen molar-refractivity contribution < 1.29 is 18.7 Å². The predicted octanol–water partition coefficient (Wildman–Crippen LogP) is 1.29. The summed E-state index contributed by atoms with van der Waals surface area (Å²) in [6, 6.07) is 3.46. The first-order valence-electron chi connectivity index (χ1n) is 5.69. The van der Waals surface area contributed by atoms with Gasteiger partial charge in [0.25, 0.3) is 5.91 Å². The molecule has 0 radical (unpaired) electrons. The van der Waals surface area contributed by atoms with Crippen molar-refractivity contribution in [2.75, 3.05) is 26.8 Å². The summed E-state index contributed by atoms with van der Waals surface area (Å²) in [7, 11) is 1.59. The second kappa shape index (κ2) is 5.33. The third-order valence-electron chi connectivity index (χ3n) is 2.69. The number of ether oxygens (including phenoxy) is 2. The zero-order chi connectivity index (χ0) is 12.3. The van der Waals surface area contributed by atoms with Crippen molar-refractivity contribution in [2.45, 2.75) is 19.6 Å². The molecule has 5 nitrogen and oxygen atoms in total. The lowest BCUT2D eigenvalue weighted by molar-refractivity contribution is -0.0136. The van der Waals surface area contributed by atoms with Gasteiger partial charge in [-0.15, -0.1) is 0 Å². The van der Waals surface area contributed by atoms with Crippen LogP contribution in [0.4, 0.5) is 0 Å². The van der Waals surface area contributed by atoms with Crippen molar-refractivity contribution >= 4 is 5.91 Å². The summed E-state index contributed by atoms with van der Waals surface area (Å²) >= 11 is 0. The SMILES string of the molecule is COCc1ccc(C(=O)N2CCOC(C)C2)o1. The van der Waals surface area contributed by atoms with Crippen LogP contribution in [0.3, 0.4) is 0 Å². The minimum absolute atomic E-state index is 0.0810. The molecular weight excluding hydrogens is 222 g/mol. The zero-order valence-electron chi connectivity index (χ0n) is 10.1. The number of methoxy groups -OCH3 is 1. The van der Waals surface area contributed by atoms with Crippen LogP contribution in [0.2, 0.25) is 0 Å². The van der Waals surface area contributed by atoms with Crippen molar-refractivity contribution in [1.82, 2.24) is 4.90 Å². The lowest BCUT2D eigenvalue weighted by Crippen LogP contribution is -2.44. The van der Waals surface area contributed by atoms with E-state index in [2.05, 4.69) is 0 Å². The maximum atomic E-state index is 12.1. The topological polar surface area (TPSA) is 51.9 Å². The van der Waals surface area contributed by atoms with Gasteiger partial charge >= 0.3 is 0 Å². The largest absolute Gasteiger partial charge is 0.453 e. The Morgan fingerprint density at radius 2 is 2.41 bits per heavy atom. The Morgan fingerprint density at radius 3 is 3.12 bits per heavy atom. The molecular formula is C12H17NO4. The van der Waals surface area contributed by atoms with Gasteiger partial charge in [-0.05, 0) is 19.1 Å². The quantitative estimate of drug-likeness (QED) is 0.797. The van der Waals surface area contributed by atoms with Crippen LogP contribution < -0.4 is 0 Å². The van der Waals surface area contributed by atoms with E-state index >= 15 is 0 Å². The highest BCUT2D eigenvalue weighted by Crippen LogP contribution is 2.14. The lowest BCUT2D eigenvalue weighted by Gasteiger charge is -2.30. The number of carbonyl (C=O) groups is 1. The average Bonchev–Trinajstić information content (AvgIpc) is 2.77. The highest BCUT2D eigenvalue weighted by molar-refractivity contribution is 5.91. The highest BCUT2D eigenvalue weighted by Gasteiger charge is 2.24. The summed E-state index contributed by atoms with van der Waals surface area (Å²) < 4.78 is 15.8. The predicted molar refractivity (Wildman–Crippen MR) is 60.7 cm³/mol. The molecule has 0 bridgehead atoms. The number of rotatable bonds is 3. The molecule has 0 spiro atoms. The van der Waals surface area contributed by atoms with Gasteiger partial charge in [-0.2, -0.15) is 0 Å². The number of nitrogens with zero attached hydrogens (tertiary/aromatic N) is 1. The van der Waals surface area contributed by atoms with Gasteiger partial charge in [-0.25, -0.2) is 0 Å². The first-order valence-corrected chi connectivity index (χ1v) is 5.69. The molecule has 0 aliphatic carbocycles. The number of amides is 1. The van der Waals surface area contributed by atoms with Gasteiger partial charge < -0.3 is 18.8 Å². The van der Waals surface area contributed by atoms with Crippen LogP contribution in [0, 0.1) is 0 Å². The normalized spacial score (nSPS) is 20.6. The second-order valence-electron chi connectivity index (χ2n) is 4.13. The lowest BCUT2D eigenvalue weighted by atomic mass is 10.3. The van der Waals surface area contributed by atoms with Crippen LogP contribution in [0.15, 0.2) is 16.5 Å². The van der Waals surface area contributed by atoms with Crippen molar-refractivity contribution in [3.8, 4) is 0 Å². The van der Waals surface area contributed by atoms with Crippen molar-refractivity contribution in [2.24, 2.45) is 0 Å². The fourth-order valence-corrected chi connectivity index (χ4v) is 1.87. The van der Waals surface area contributed by atoms with Crippen LogP contribution in [-0.4, -0.2) is 43.7 Å². The minimum atomic E-state index is -0.0810. The molecule has 1 unspecified atom stereocenters.